The zero-order chi connectivity index (χ0) is 10.0. The second-order valence-corrected chi connectivity index (χ2v) is 5.81. The molecule has 2 atom stereocenters. The number of nitrogens with zero attached hydrogens (tertiary/aromatic N) is 1. The summed E-state index contributed by atoms with van der Waals surface area (Å²) >= 11 is 0. The van der Waals surface area contributed by atoms with Gasteiger partial charge in [0, 0.05) is 40.8 Å². The fourth-order valence-electron chi connectivity index (χ4n) is 1.45. The van der Waals surface area contributed by atoms with E-state index in [1.54, 1.807) is 0 Å². The minimum atomic E-state index is -0.729. The Morgan fingerprint density at radius 2 is 2.15 bits per heavy atom. The Morgan fingerprint density at radius 3 is 2.62 bits per heavy atom. The van der Waals surface area contributed by atoms with Crippen molar-refractivity contribution in [3.05, 3.63) is 0 Å². The zero-order valence-corrected chi connectivity index (χ0v) is 9.26. The summed E-state index contributed by atoms with van der Waals surface area (Å²) in [4.78, 5) is 13.4. The van der Waals surface area contributed by atoms with Gasteiger partial charge < -0.3 is 4.90 Å². The molecule has 0 spiro atoms. The standard InChI is InChI=1S/C9H17NO2S/c1-7(2)9(11)10-4-5-13(12)8(3)6-10/h7-8H,4-6H2,1-3H3. The number of hydrogen-bond acceptors (Lipinski definition) is 2. The highest BCUT2D eigenvalue weighted by atomic mass is 32.2. The van der Waals surface area contributed by atoms with Crippen LogP contribution in [0.5, 0.6) is 0 Å². The van der Waals surface area contributed by atoms with Crippen LogP contribution >= 0.6 is 0 Å². The number of rotatable bonds is 1. The van der Waals surface area contributed by atoms with Crippen LogP contribution in [-0.2, 0) is 15.6 Å². The first-order chi connectivity index (χ1) is 6.02. The zero-order valence-electron chi connectivity index (χ0n) is 8.45. The predicted octanol–water partition coefficient (Wildman–Crippen LogP) is 0.622. The van der Waals surface area contributed by atoms with Crippen molar-refractivity contribution in [2.75, 3.05) is 18.8 Å². The molecule has 0 aromatic carbocycles. The van der Waals surface area contributed by atoms with Crippen molar-refractivity contribution < 1.29 is 9.00 Å². The molecule has 0 aromatic heterocycles. The molecule has 2 unspecified atom stereocenters. The molecule has 1 rings (SSSR count). The maximum Gasteiger partial charge on any atom is 0.225 e. The third-order valence-corrected chi connectivity index (χ3v) is 3.93. The molecular weight excluding hydrogens is 186 g/mol. The van der Waals surface area contributed by atoms with Gasteiger partial charge in [0.25, 0.3) is 0 Å². The largest absolute Gasteiger partial charge is 0.340 e. The number of amides is 1. The molecule has 3 nitrogen and oxygen atoms in total. The summed E-state index contributed by atoms with van der Waals surface area (Å²) in [6.07, 6.45) is 0. The molecular formula is C9H17NO2S. The average molecular weight is 203 g/mol. The van der Waals surface area contributed by atoms with Crippen LogP contribution in [0.4, 0.5) is 0 Å². The van der Waals surface area contributed by atoms with Crippen molar-refractivity contribution in [2.45, 2.75) is 26.0 Å². The average Bonchev–Trinajstić information content (AvgIpc) is 2.08. The highest BCUT2D eigenvalue weighted by Crippen LogP contribution is 2.11. The second kappa shape index (κ2) is 4.22. The van der Waals surface area contributed by atoms with Gasteiger partial charge in [-0.1, -0.05) is 13.8 Å². The van der Waals surface area contributed by atoms with Gasteiger partial charge in [0.1, 0.15) is 0 Å². The molecule has 1 amide bonds. The predicted molar refractivity (Wildman–Crippen MR) is 53.9 cm³/mol. The first-order valence-corrected chi connectivity index (χ1v) is 6.06. The van der Waals surface area contributed by atoms with Gasteiger partial charge in [0.05, 0.1) is 0 Å². The maximum atomic E-state index is 11.6. The lowest BCUT2D eigenvalue weighted by Crippen LogP contribution is -2.47. The summed E-state index contributed by atoms with van der Waals surface area (Å²) in [6.45, 7) is 7.06. The molecule has 13 heavy (non-hydrogen) atoms. The number of carbonyl (C=O) groups excluding carboxylic acids is 1. The second-order valence-electron chi connectivity index (χ2n) is 3.83. The summed E-state index contributed by atoms with van der Waals surface area (Å²) < 4.78 is 11.3. The molecule has 0 aromatic rings. The van der Waals surface area contributed by atoms with Crippen LogP contribution in [-0.4, -0.2) is 39.1 Å². The van der Waals surface area contributed by atoms with Gasteiger partial charge in [-0.05, 0) is 6.92 Å². The Morgan fingerprint density at radius 1 is 1.54 bits per heavy atom. The van der Waals surface area contributed by atoms with E-state index in [1.165, 1.54) is 0 Å². The lowest BCUT2D eigenvalue weighted by atomic mass is 10.2. The minimum Gasteiger partial charge on any atom is -0.340 e. The fourth-order valence-corrected chi connectivity index (χ4v) is 2.60. The summed E-state index contributed by atoms with van der Waals surface area (Å²) in [5, 5.41) is 0.136. The topological polar surface area (TPSA) is 37.4 Å². The Kier molecular flexibility index (Phi) is 3.47. The summed E-state index contributed by atoms with van der Waals surface area (Å²) in [5.41, 5.74) is 0. The Hall–Kier alpha value is -0.380. The normalized spacial score (nSPS) is 29.4. The van der Waals surface area contributed by atoms with Crippen LogP contribution in [0.15, 0.2) is 0 Å². The first-order valence-electron chi connectivity index (χ1n) is 4.68. The lowest BCUT2D eigenvalue weighted by Gasteiger charge is -2.31. The van der Waals surface area contributed by atoms with Crippen LogP contribution in [0.3, 0.4) is 0 Å². The van der Waals surface area contributed by atoms with Crippen molar-refractivity contribution in [1.29, 1.82) is 0 Å². The molecule has 0 N–H and O–H groups in total. The van der Waals surface area contributed by atoms with Gasteiger partial charge in [-0.15, -0.1) is 0 Å². The first kappa shape index (κ1) is 10.7. The molecule has 0 aliphatic carbocycles. The van der Waals surface area contributed by atoms with E-state index in [4.69, 9.17) is 0 Å². The monoisotopic (exact) mass is 203 g/mol. The third-order valence-electron chi connectivity index (χ3n) is 2.29. The van der Waals surface area contributed by atoms with Crippen molar-refractivity contribution >= 4 is 16.7 Å². The van der Waals surface area contributed by atoms with E-state index in [0.717, 1.165) is 0 Å². The van der Waals surface area contributed by atoms with Gasteiger partial charge >= 0.3 is 0 Å². The van der Waals surface area contributed by atoms with Gasteiger partial charge in [-0.2, -0.15) is 0 Å². The summed E-state index contributed by atoms with van der Waals surface area (Å²) in [5.74, 6) is 0.877. The fraction of sp³-hybridized carbons (Fsp3) is 0.889. The van der Waals surface area contributed by atoms with E-state index in [-0.39, 0.29) is 17.1 Å². The van der Waals surface area contributed by atoms with Gasteiger partial charge in [-0.25, -0.2) is 0 Å². The van der Waals surface area contributed by atoms with Gasteiger partial charge in [0.2, 0.25) is 5.91 Å². The molecule has 1 fully saturated rings. The highest BCUT2D eigenvalue weighted by molar-refractivity contribution is 7.85. The van der Waals surface area contributed by atoms with Crippen LogP contribution in [0.25, 0.3) is 0 Å². The lowest BCUT2D eigenvalue weighted by molar-refractivity contribution is -0.134. The Labute approximate surface area is 81.9 Å². The van der Waals surface area contributed by atoms with E-state index in [2.05, 4.69) is 0 Å². The van der Waals surface area contributed by atoms with E-state index < -0.39 is 10.8 Å². The molecule has 76 valence electrons. The molecule has 1 heterocycles. The van der Waals surface area contributed by atoms with Crippen molar-refractivity contribution in [1.82, 2.24) is 4.90 Å². The smallest absolute Gasteiger partial charge is 0.225 e. The number of carbonyl (C=O) groups is 1. The summed E-state index contributed by atoms with van der Waals surface area (Å²) in [7, 11) is -0.729. The van der Waals surface area contributed by atoms with Gasteiger partial charge in [0.15, 0.2) is 0 Å². The van der Waals surface area contributed by atoms with Crippen LogP contribution in [0.2, 0.25) is 0 Å². The van der Waals surface area contributed by atoms with Crippen molar-refractivity contribution in [2.24, 2.45) is 5.92 Å². The summed E-state index contributed by atoms with van der Waals surface area (Å²) in [6, 6.07) is 0. The van der Waals surface area contributed by atoms with Gasteiger partial charge in [-0.3, -0.25) is 9.00 Å². The third kappa shape index (κ3) is 2.53. The van der Waals surface area contributed by atoms with Crippen LogP contribution in [0.1, 0.15) is 20.8 Å². The molecule has 4 heteroatoms. The maximum absolute atomic E-state index is 11.6. The Balaban J connectivity index is 2.55. The Bertz CT molecular complexity index is 228. The molecule has 0 radical (unpaired) electrons. The van der Waals surface area contributed by atoms with Crippen molar-refractivity contribution in [3.63, 3.8) is 0 Å². The minimum absolute atomic E-state index is 0.0544. The molecule has 0 saturated carbocycles. The highest BCUT2D eigenvalue weighted by Gasteiger charge is 2.26. The molecule has 1 saturated heterocycles. The van der Waals surface area contributed by atoms with E-state index in [0.29, 0.717) is 18.8 Å². The quantitative estimate of drug-likeness (QED) is 0.626. The van der Waals surface area contributed by atoms with Crippen molar-refractivity contribution in [3.8, 4) is 0 Å². The molecule has 0 bridgehead atoms. The molecule has 1 aliphatic heterocycles. The van der Waals surface area contributed by atoms with E-state index in [9.17, 15) is 9.00 Å². The van der Waals surface area contributed by atoms with Crippen LogP contribution < -0.4 is 0 Å². The van der Waals surface area contributed by atoms with Crippen LogP contribution in [0, 0.1) is 5.92 Å². The van der Waals surface area contributed by atoms with E-state index >= 15 is 0 Å². The SMILES string of the molecule is CC(C)C(=O)N1CCS(=O)C(C)C1. The number of hydrogen-bond donors (Lipinski definition) is 0. The molecule has 1 aliphatic rings. The van der Waals surface area contributed by atoms with E-state index in [1.807, 2.05) is 25.7 Å².